The maximum Gasteiger partial charge on any atom is 0.380 e. The number of hydrogen-bond donors (Lipinski definition) is 0. The molecule has 0 aliphatic heterocycles. The molecule has 0 radical (unpaired) electrons. The summed E-state index contributed by atoms with van der Waals surface area (Å²) in [5.74, 6) is 0.654. The van der Waals surface area contributed by atoms with Gasteiger partial charge < -0.3 is 13.8 Å². The van der Waals surface area contributed by atoms with Gasteiger partial charge in [0.05, 0.1) is 31.5 Å². The Kier molecular flexibility index (Phi) is 5.23. The Morgan fingerprint density at radius 2 is 1.72 bits per heavy atom. The summed E-state index contributed by atoms with van der Waals surface area (Å²) in [5, 5.41) is 5.31. The van der Waals surface area contributed by atoms with Gasteiger partial charge in [-0.3, -0.25) is 4.57 Å². The maximum atomic E-state index is 13.5. The van der Waals surface area contributed by atoms with Crippen LogP contribution in [0.5, 0.6) is 5.75 Å². The van der Waals surface area contributed by atoms with E-state index in [-0.39, 0.29) is 13.2 Å². The number of benzene rings is 2. The molecule has 1 heterocycles. The van der Waals surface area contributed by atoms with E-state index >= 15 is 0 Å². The molecule has 0 saturated carbocycles. The normalized spacial score (nSPS) is 11.8. The molecule has 1 aromatic heterocycles. The minimum absolute atomic E-state index is 0.267. The van der Waals surface area contributed by atoms with Crippen molar-refractivity contribution in [1.82, 2.24) is 9.78 Å². The highest BCUT2D eigenvalue weighted by molar-refractivity contribution is 7.62. The fourth-order valence-corrected chi connectivity index (χ4v) is 4.56. The molecular weight excluding hydrogens is 339 g/mol. The van der Waals surface area contributed by atoms with Gasteiger partial charge in [-0.2, -0.15) is 5.10 Å². The van der Waals surface area contributed by atoms with Crippen molar-refractivity contribution in [2.75, 3.05) is 20.3 Å². The van der Waals surface area contributed by atoms with Crippen LogP contribution in [-0.4, -0.2) is 30.1 Å². The summed E-state index contributed by atoms with van der Waals surface area (Å²) in [6.07, 6.45) is 0. The standard InChI is InChI=1S/C18H21N2O4P/c1-4-23-25(21,24-5-2)18-16-13-15(22-3)11-12-17(16)19-20(18)14-9-7-6-8-10-14/h6-13H,4-5H2,1-3H3. The summed E-state index contributed by atoms with van der Waals surface area (Å²) in [4.78, 5) is 0. The van der Waals surface area contributed by atoms with Crippen LogP contribution in [0.25, 0.3) is 16.6 Å². The summed E-state index contributed by atoms with van der Waals surface area (Å²) >= 11 is 0. The highest BCUT2D eigenvalue weighted by Crippen LogP contribution is 2.49. The fourth-order valence-electron chi connectivity index (χ4n) is 2.69. The van der Waals surface area contributed by atoms with Gasteiger partial charge >= 0.3 is 7.60 Å². The topological polar surface area (TPSA) is 62.6 Å². The van der Waals surface area contributed by atoms with Crippen molar-refractivity contribution < 1.29 is 18.3 Å². The lowest BCUT2D eigenvalue weighted by atomic mass is 10.2. The number of hydrogen-bond acceptors (Lipinski definition) is 5. The number of nitrogens with zero attached hydrogens (tertiary/aromatic N) is 2. The fraction of sp³-hybridized carbons (Fsp3) is 0.278. The van der Waals surface area contributed by atoms with Crippen molar-refractivity contribution in [3.8, 4) is 11.4 Å². The third kappa shape index (κ3) is 3.33. The lowest BCUT2D eigenvalue weighted by molar-refractivity contribution is 0.229. The van der Waals surface area contributed by atoms with E-state index in [1.807, 2.05) is 48.5 Å². The van der Waals surface area contributed by atoms with Crippen molar-refractivity contribution in [3.63, 3.8) is 0 Å². The van der Waals surface area contributed by atoms with E-state index in [0.29, 0.717) is 22.1 Å². The second-order valence-corrected chi connectivity index (χ2v) is 7.22. The first-order chi connectivity index (χ1) is 12.1. The molecular formula is C18H21N2O4P. The summed E-state index contributed by atoms with van der Waals surface area (Å²) in [7, 11) is -1.97. The number of methoxy groups -OCH3 is 1. The second kappa shape index (κ2) is 7.40. The van der Waals surface area contributed by atoms with Crippen LogP contribution >= 0.6 is 7.60 Å². The summed E-state index contributed by atoms with van der Waals surface area (Å²) < 4.78 is 31.7. The molecule has 0 amide bonds. The van der Waals surface area contributed by atoms with Crippen LogP contribution in [0.15, 0.2) is 48.5 Å². The van der Waals surface area contributed by atoms with Crippen LogP contribution in [0.4, 0.5) is 0 Å². The van der Waals surface area contributed by atoms with Gasteiger partial charge in [0.25, 0.3) is 0 Å². The van der Waals surface area contributed by atoms with Crippen LogP contribution in [0.1, 0.15) is 13.8 Å². The number of fused-ring (bicyclic) bond motifs is 1. The average Bonchev–Trinajstić information content (AvgIpc) is 3.02. The Bertz CT molecular complexity index is 898. The van der Waals surface area contributed by atoms with Gasteiger partial charge in [0.2, 0.25) is 0 Å². The van der Waals surface area contributed by atoms with Crippen molar-refractivity contribution in [1.29, 1.82) is 0 Å². The molecule has 0 aliphatic carbocycles. The quantitative estimate of drug-likeness (QED) is 0.598. The first kappa shape index (κ1) is 17.7. The van der Waals surface area contributed by atoms with Gasteiger partial charge in [0.1, 0.15) is 5.75 Å². The Morgan fingerprint density at radius 3 is 2.32 bits per heavy atom. The molecule has 6 nitrogen and oxygen atoms in total. The molecule has 0 bridgehead atoms. The number of para-hydroxylation sites is 1. The van der Waals surface area contributed by atoms with E-state index in [9.17, 15) is 4.57 Å². The third-order valence-electron chi connectivity index (χ3n) is 3.71. The van der Waals surface area contributed by atoms with Crippen molar-refractivity contribution in [2.45, 2.75) is 13.8 Å². The predicted molar refractivity (Wildman–Crippen MR) is 98.1 cm³/mol. The van der Waals surface area contributed by atoms with Crippen molar-refractivity contribution in [3.05, 3.63) is 48.5 Å². The van der Waals surface area contributed by atoms with Gasteiger partial charge in [-0.25, -0.2) is 4.68 Å². The minimum Gasteiger partial charge on any atom is -0.497 e. The zero-order valence-corrected chi connectivity index (χ0v) is 15.4. The molecule has 0 N–H and O–H groups in total. The number of aromatic nitrogens is 2. The van der Waals surface area contributed by atoms with Crippen LogP contribution in [-0.2, 0) is 13.6 Å². The second-order valence-electron chi connectivity index (χ2n) is 5.29. The summed E-state index contributed by atoms with van der Waals surface area (Å²) in [6, 6.07) is 15.0. The summed E-state index contributed by atoms with van der Waals surface area (Å²) in [6.45, 7) is 4.11. The van der Waals surface area contributed by atoms with E-state index < -0.39 is 7.60 Å². The zero-order chi connectivity index (χ0) is 17.9. The Balaban J connectivity index is 2.33. The molecule has 132 valence electrons. The molecule has 0 spiro atoms. The van der Waals surface area contributed by atoms with E-state index in [2.05, 4.69) is 5.10 Å². The smallest absolute Gasteiger partial charge is 0.380 e. The molecule has 0 unspecified atom stereocenters. The first-order valence-corrected chi connectivity index (χ1v) is 9.69. The highest BCUT2D eigenvalue weighted by atomic mass is 31.2. The molecule has 0 aliphatic rings. The highest BCUT2D eigenvalue weighted by Gasteiger charge is 2.34. The van der Waals surface area contributed by atoms with Crippen LogP contribution in [0.2, 0.25) is 0 Å². The molecule has 2 aromatic carbocycles. The molecule has 3 rings (SSSR count). The zero-order valence-electron chi connectivity index (χ0n) is 14.5. The Morgan fingerprint density at radius 1 is 1.04 bits per heavy atom. The van der Waals surface area contributed by atoms with Crippen LogP contribution in [0, 0.1) is 0 Å². The van der Waals surface area contributed by atoms with E-state index in [0.717, 1.165) is 5.69 Å². The molecule has 25 heavy (non-hydrogen) atoms. The molecule has 7 heteroatoms. The number of rotatable bonds is 7. The third-order valence-corrected chi connectivity index (χ3v) is 5.86. The Hall–Kier alpha value is -2.14. The predicted octanol–water partition coefficient (Wildman–Crippen LogP) is 3.93. The summed E-state index contributed by atoms with van der Waals surface area (Å²) in [5.41, 5.74) is 1.89. The van der Waals surface area contributed by atoms with Gasteiger partial charge in [0.15, 0.2) is 5.44 Å². The lowest BCUT2D eigenvalue weighted by Gasteiger charge is -2.18. The van der Waals surface area contributed by atoms with Gasteiger partial charge in [-0.05, 0) is 44.2 Å². The van der Waals surface area contributed by atoms with E-state index in [1.54, 1.807) is 25.6 Å². The monoisotopic (exact) mass is 360 g/mol. The van der Waals surface area contributed by atoms with E-state index in [4.69, 9.17) is 13.8 Å². The molecule has 0 fully saturated rings. The Labute approximate surface area is 146 Å². The first-order valence-electron chi connectivity index (χ1n) is 8.14. The number of ether oxygens (including phenoxy) is 1. The molecule has 3 aromatic rings. The SMILES string of the molecule is CCOP(=O)(OCC)c1c2cc(OC)ccc2nn1-c1ccccc1. The van der Waals surface area contributed by atoms with Crippen molar-refractivity contribution in [2.24, 2.45) is 0 Å². The molecule has 0 atom stereocenters. The van der Waals surface area contributed by atoms with Crippen LogP contribution in [0.3, 0.4) is 0 Å². The van der Waals surface area contributed by atoms with Crippen molar-refractivity contribution >= 4 is 23.9 Å². The average molecular weight is 360 g/mol. The molecule has 0 saturated heterocycles. The lowest BCUT2D eigenvalue weighted by Crippen LogP contribution is -2.20. The van der Waals surface area contributed by atoms with E-state index in [1.165, 1.54) is 0 Å². The maximum absolute atomic E-state index is 13.5. The van der Waals surface area contributed by atoms with Gasteiger partial charge in [-0.15, -0.1) is 0 Å². The largest absolute Gasteiger partial charge is 0.497 e. The minimum atomic E-state index is -3.56. The van der Waals surface area contributed by atoms with Crippen LogP contribution < -0.4 is 10.2 Å². The van der Waals surface area contributed by atoms with Gasteiger partial charge in [-0.1, -0.05) is 18.2 Å². The van der Waals surface area contributed by atoms with Gasteiger partial charge in [0, 0.05) is 5.39 Å².